The fraction of sp³-hybridized carbons (Fsp3) is 0.0769. The Labute approximate surface area is 117 Å². The fourth-order valence-electron chi connectivity index (χ4n) is 1.55. The Morgan fingerprint density at radius 1 is 1.25 bits per heavy atom. The summed E-state index contributed by atoms with van der Waals surface area (Å²) in [5.74, 6) is 0.579. The van der Waals surface area contributed by atoms with Crippen molar-refractivity contribution in [1.29, 1.82) is 5.26 Å². The van der Waals surface area contributed by atoms with Crippen LogP contribution in [-0.2, 0) is 10.0 Å². The quantitative estimate of drug-likeness (QED) is 0.894. The van der Waals surface area contributed by atoms with Crippen LogP contribution in [0.3, 0.4) is 0 Å². The number of hydrogen-bond donors (Lipinski definition) is 2. The molecule has 6 nitrogen and oxygen atoms in total. The van der Waals surface area contributed by atoms with Gasteiger partial charge in [-0.25, -0.2) is 13.4 Å². The van der Waals surface area contributed by atoms with Crippen LogP contribution in [0.15, 0.2) is 47.5 Å². The van der Waals surface area contributed by atoms with Crippen molar-refractivity contribution >= 4 is 21.5 Å². The second-order valence-electron chi connectivity index (χ2n) is 3.93. The van der Waals surface area contributed by atoms with E-state index in [1.807, 2.05) is 6.07 Å². The van der Waals surface area contributed by atoms with E-state index in [1.54, 1.807) is 31.3 Å². The molecule has 0 saturated carbocycles. The van der Waals surface area contributed by atoms with Gasteiger partial charge < -0.3 is 5.32 Å². The number of anilines is 2. The molecule has 1 aromatic heterocycles. The third-order valence-electron chi connectivity index (χ3n) is 2.55. The number of hydrogen-bond acceptors (Lipinski definition) is 5. The summed E-state index contributed by atoms with van der Waals surface area (Å²) < 4.78 is 26.7. The number of sulfonamides is 1. The lowest BCUT2D eigenvalue weighted by atomic mass is 10.2. The first-order chi connectivity index (χ1) is 9.55. The Morgan fingerprint density at radius 3 is 2.65 bits per heavy atom. The van der Waals surface area contributed by atoms with E-state index < -0.39 is 10.0 Å². The van der Waals surface area contributed by atoms with Gasteiger partial charge in [0.1, 0.15) is 10.7 Å². The number of benzene rings is 1. The summed E-state index contributed by atoms with van der Waals surface area (Å²) in [4.78, 5) is 4.01. The summed E-state index contributed by atoms with van der Waals surface area (Å²) in [6.45, 7) is 0. The lowest BCUT2D eigenvalue weighted by Gasteiger charge is -2.08. The molecule has 2 aromatic rings. The van der Waals surface area contributed by atoms with E-state index in [1.165, 1.54) is 18.3 Å². The lowest BCUT2D eigenvalue weighted by Crippen LogP contribution is -2.13. The van der Waals surface area contributed by atoms with Gasteiger partial charge in [0.15, 0.2) is 0 Å². The zero-order valence-electron chi connectivity index (χ0n) is 10.7. The normalized spacial score (nSPS) is 10.6. The Hall–Kier alpha value is -2.59. The summed E-state index contributed by atoms with van der Waals surface area (Å²) in [5, 5.41) is 11.6. The van der Waals surface area contributed by atoms with Crippen LogP contribution in [0.2, 0.25) is 0 Å². The predicted octanol–water partition coefficient (Wildman–Crippen LogP) is 1.80. The highest BCUT2D eigenvalue weighted by atomic mass is 32.2. The van der Waals surface area contributed by atoms with Crippen LogP contribution in [-0.4, -0.2) is 20.4 Å². The number of aromatic nitrogens is 1. The third-order valence-corrected chi connectivity index (χ3v) is 3.91. The van der Waals surface area contributed by atoms with Gasteiger partial charge >= 0.3 is 0 Å². The van der Waals surface area contributed by atoms with E-state index in [4.69, 9.17) is 5.26 Å². The van der Waals surface area contributed by atoms with Crippen LogP contribution in [0.5, 0.6) is 0 Å². The maximum Gasteiger partial charge on any atom is 0.263 e. The molecule has 102 valence electrons. The number of rotatable bonds is 4. The summed E-state index contributed by atoms with van der Waals surface area (Å²) in [6.07, 6.45) is 1.27. The molecule has 0 aliphatic heterocycles. The minimum Gasteiger partial charge on any atom is -0.373 e. The molecule has 2 rings (SSSR count). The molecule has 0 radical (unpaired) electrons. The van der Waals surface area contributed by atoms with Crippen molar-refractivity contribution in [3.8, 4) is 6.07 Å². The topological polar surface area (TPSA) is 94.9 Å². The standard InChI is InChI=1S/C13H12N4O2S/c1-15-13-6-5-12(9-16-13)20(18,19)17-11-4-2-3-10(7-11)8-14/h2-7,9,17H,1H3,(H,15,16). The predicted molar refractivity (Wildman–Crippen MR) is 75.7 cm³/mol. The molecular formula is C13H12N4O2S. The van der Waals surface area contributed by atoms with Crippen molar-refractivity contribution in [2.45, 2.75) is 4.90 Å². The Morgan fingerprint density at radius 2 is 2.05 bits per heavy atom. The van der Waals surface area contributed by atoms with Crippen molar-refractivity contribution in [2.75, 3.05) is 17.1 Å². The van der Waals surface area contributed by atoms with Crippen LogP contribution in [0.1, 0.15) is 5.56 Å². The monoisotopic (exact) mass is 288 g/mol. The van der Waals surface area contributed by atoms with Gasteiger partial charge in [0, 0.05) is 13.2 Å². The maximum atomic E-state index is 12.1. The van der Waals surface area contributed by atoms with Crippen LogP contribution in [0.4, 0.5) is 11.5 Å². The van der Waals surface area contributed by atoms with Gasteiger partial charge in [0.05, 0.1) is 17.3 Å². The molecule has 20 heavy (non-hydrogen) atoms. The van der Waals surface area contributed by atoms with Gasteiger partial charge in [-0.1, -0.05) is 6.07 Å². The van der Waals surface area contributed by atoms with Crippen molar-refractivity contribution in [1.82, 2.24) is 4.98 Å². The average Bonchev–Trinajstić information content (AvgIpc) is 2.47. The number of nitriles is 1. The Bertz CT molecular complexity index is 749. The molecule has 1 heterocycles. The highest BCUT2D eigenvalue weighted by Gasteiger charge is 2.14. The number of nitrogens with one attached hydrogen (secondary N) is 2. The molecule has 7 heteroatoms. The van der Waals surface area contributed by atoms with Crippen molar-refractivity contribution < 1.29 is 8.42 Å². The van der Waals surface area contributed by atoms with E-state index in [9.17, 15) is 8.42 Å². The van der Waals surface area contributed by atoms with Crippen LogP contribution >= 0.6 is 0 Å². The zero-order chi connectivity index (χ0) is 14.6. The molecule has 0 saturated heterocycles. The van der Waals surface area contributed by atoms with Gasteiger partial charge in [-0.15, -0.1) is 0 Å². The first-order valence-electron chi connectivity index (χ1n) is 5.72. The van der Waals surface area contributed by atoms with Crippen molar-refractivity contribution in [3.63, 3.8) is 0 Å². The fourth-order valence-corrected chi connectivity index (χ4v) is 2.55. The van der Waals surface area contributed by atoms with Crippen molar-refractivity contribution in [2.24, 2.45) is 0 Å². The average molecular weight is 288 g/mol. The first-order valence-corrected chi connectivity index (χ1v) is 7.20. The molecule has 0 aliphatic rings. The molecule has 0 amide bonds. The van der Waals surface area contributed by atoms with Gasteiger partial charge in [0.25, 0.3) is 10.0 Å². The van der Waals surface area contributed by atoms with Gasteiger partial charge in [-0.3, -0.25) is 4.72 Å². The SMILES string of the molecule is CNc1ccc(S(=O)(=O)Nc2cccc(C#N)c2)cn1. The molecule has 0 unspecified atom stereocenters. The number of nitrogens with zero attached hydrogens (tertiary/aromatic N) is 2. The first kappa shape index (κ1) is 13.8. The van der Waals surface area contributed by atoms with Crippen molar-refractivity contribution in [3.05, 3.63) is 48.2 Å². The highest BCUT2D eigenvalue weighted by Crippen LogP contribution is 2.17. The highest BCUT2D eigenvalue weighted by molar-refractivity contribution is 7.92. The van der Waals surface area contributed by atoms with E-state index in [0.29, 0.717) is 17.1 Å². The zero-order valence-corrected chi connectivity index (χ0v) is 11.5. The summed E-state index contributed by atoms with van der Waals surface area (Å²) in [7, 11) is -2.02. The molecule has 2 N–H and O–H groups in total. The van der Waals surface area contributed by atoms with E-state index in [0.717, 1.165) is 0 Å². The molecule has 1 aromatic carbocycles. The van der Waals surface area contributed by atoms with Crippen LogP contribution < -0.4 is 10.0 Å². The molecule has 0 fully saturated rings. The van der Waals surface area contributed by atoms with Gasteiger partial charge in [-0.2, -0.15) is 5.26 Å². The lowest BCUT2D eigenvalue weighted by molar-refractivity contribution is 0.601. The van der Waals surface area contributed by atoms with E-state index in [2.05, 4.69) is 15.0 Å². The smallest absolute Gasteiger partial charge is 0.263 e. The van der Waals surface area contributed by atoms with Crippen LogP contribution in [0.25, 0.3) is 0 Å². The maximum absolute atomic E-state index is 12.1. The van der Waals surface area contributed by atoms with E-state index >= 15 is 0 Å². The molecule has 0 aliphatic carbocycles. The summed E-state index contributed by atoms with van der Waals surface area (Å²) in [6, 6.07) is 11.2. The molecule has 0 spiro atoms. The molecular weight excluding hydrogens is 276 g/mol. The van der Waals surface area contributed by atoms with Crippen LogP contribution in [0, 0.1) is 11.3 Å². The number of pyridine rings is 1. The Balaban J connectivity index is 2.28. The second kappa shape index (κ2) is 5.59. The van der Waals surface area contributed by atoms with Gasteiger partial charge in [-0.05, 0) is 30.3 Å². The summed E-state index contributed by atoms with van der Waals surface area (Å²) in [5.41, 5.74) is 0.718. The Kier molecular flexibility index (Phi) is 3.86. The largest absolute Gasteiger partial charge is 0.373 e. The molecule has 0 bridgehead atoms. The van der Waals surface area contributed by atoms with Gasteiger partial charge in [0.2, 0.25) is 0 Å². The minimum absolute atomic E-state index is 0.0545. The molecule has 0 atom stereocenters. The van der Waals surface area contributed by atoms with E-state index in [-0.39, 0.29) is 4.90 Å². The second-order valence-corrected chi connectivity index (χ2v) is 5.61. The summed E-state index contributed by atoms with van der Waals surface area (Å²) >= 11 is 0. The third kappa shape index (κ3) is 3.05. The minimum atomic E-state index is -3.71.